The molecule has 5 nitrogen and oxygen atoms in total. The summed E-state index contributed by atoms with van der Waals surface area (Å²) in [6.07, 6.45) is 3.64. The minimum absolute atomic E-state index is 0. The molecule has 0 spiro atoms. The second-order valence-corrected chi connectivity index (χ2v) is 8.61. The van der Waals surface area contributed by atoms with E-state index in [1.807, 2.05) is 48.7 Å². The molecule has 0 atom stereocenters. The molecule has 3 aromatic carbocycles. The molecule has 0 saturated carbocycles. The number of para-hydroxylation sites is 1. The number of rotatable bonds is 5. The molecule has 0 saturated heterocycles. The number of aryl methyl sites for hydroxylation is 2. The molecule has 6 rings (SSSR count). The predicted molar refractivity (Wildman–Crippen MR) is 140 cm³/mol. The van der Waals surface area contributed by atoms with Crippen LogP contribution in [-0.4, -0.2) is 19.6 Å². The molecule has 0 fully saturated rings. The number of benzene rings is 3. The van der Waals surface area contributed by atoms with E-state index in [0.29, 0.717) is 17.1 Å². The molecular formula is C30H24N3O2Pt-. The average molecular weight is 654 g/mol. The molecule has 0 unspecified atom stereocenters. The number of nitrogens with zero attached hydrogens (tertiary/aromatic N) is 3. The van der Waals surface area contributed by atoms with Crippen molar-refractivity contribution in [3.8, 4) is 23.2 Å². The number of hydrogen-bond acceptors (Lipinski definition) is 4. The minimum Gasteiger partial charge on any atom is -0.506 e. The van der Waals surface area contributed by atoms with Crippen LogP contribution in [-0.2, 0) is 33.9 Å². The van der Waals surface area contributed by atoms with Crippen LogP contribution >= 0.6 is 0 Å². The van der Waals surface area contributed by atoms with Gasteiger partial charge in [0.05, 0.1) is 0 Å². The SMILES string of the molecule is CCc1ccnc(-n2c3[c-]c(Oc4ccc5cc(CC)cc(O)c5n4)ccc3c3ccccc32)c1.[Pt]. The maximum absolute atomic E-state index is 10.5. The fourth-order valence-corrected chi connectivity index (χ4v) is 4.61. The van der Waals surface area contributed by atoms with E-state index < -0.39 is 0 Å². The van der Waals surface area contributed by atoms with E-state index in [-0.39, 0.29) is 26.8 Å². The molecule has 0 aliphatic carbocycles. The number of aromatic hydroxyl groups is 1. The fourth-order valence-electron chi connectivity index (χ4n) is 4.61. The summed E-state index contributed by atoms with van der Waals surface area (Å²) in [6, 6.07) is 27.4. The van der Waals surface area contributed by atoms with Crippen molar-refractivity contribution in [1.82, 2.24) is 14.5 Å². The first-order chi connectivity index (χ1) is 17.1. The van der Waals surface area contributed by atoms with E-state index in [9.17, 15) is 5.11 Å². The zero-order chi connectivity index (χ0) is 23.9. The van der Waals surface area contributed by atoms with Crippen LogP contribution in [0.5, 0.6) is 17.4 Å². The minimum atomic E-state index is 0. The summed E-state index contributed by atoms with van der Waals surface area (Å²) in [4.78, 5) is 9.22. The summed E-state index contributed by atoms with van der Waals surface area (Å²) in [5.74, 6) is 1.96. The van der Waals surface area contributed by atoms with Crippen molar-refractivity contribution < 1.29 is 30.9 Å². The second-order valence-electron chi connectivity index (χ2n) is 8.61. The Kier molecular flexibility index (Phi) is 6.51. The Bertz CT molecular complexity index is 1730. The van der Waals surface area contributed by atoms with Crippen LogP contribution in [0, 0.1) is 6.07 Å². The summed E-state index contributed by atoms with van der Waals surface area (Å²) in [5, 5.41) is 13.6. The van der Waals surface area contributed by atoms with Crippen LogP contribution in [0.15, 0.2) is 79.0 Å². The first-order valence-corrected chi connectivity index (χ1v) is 11.9. The normalized spacial score (nSPS) is 11.2. The molecule has 6 aromatic rings. The van der Waals surface area contributed by atoms with Crippen LogP contribution in [0.25, 0.3) is 38.5 Å². The largest absolute Gasteiger partial charge is 0.506 e. The molecule has 3 heterocycles. The monoisotopic (exact) mass is 653 g/mol. The van der Waals surface area contributed by atoms with Crippen LogP contribution in [0.3, 0.4) is 0 Å². The molecule has 0 aliphatic rings. The topological polar surface area (TPSA) is 60.2 Å². The Hall–Kier alpha value is -3.69. The van der Waals surface area contributed by atoms with Gasteiger partial charge in [-0.2, -0.15) is 6.07 Å². The third-order valence-electron chi connectivity index (χ3n) is 6.43. The summed E-state index contributed by atoms with van der Waals surface area (Å²) in [6.45, 7) is 4.20. The molecule has 182 valence electrons. The van der Waals surface area contributed by atoms with Crippen molar-refractivity contribution in [2.75, 3.05) is 0 Å². The van der Waals surface area contributed by atoms with Gasteiger partial charge < -0.3 is 14.4 Å². The van der Waals surface area contributed by atoms with Gasteiger partial charge in [-0.05, 0) is 65.8 Å². The van der Waals surface area contributed by atoms with Crippen LogP contribution in [0.1, 0.15) is 25.0 Å². The smallest absolute Gasteiger partial charge is 0.217 e. The van der Waals surface area contributed by atoms with Gasteiger partial charge in [-0.15, -0.1) is 17.5 Å². The van der Waals surface area contributed by atoms with E-state index in [2.05, 4.69) is 58.7 Å². The zero-order valence-electron chi connectivity index (χ0n) is 19.9. The summed E-state index contributed by atoms with van der Waals surface area (Å²) < 4.78 is 8.25. The van der Waals surface area contributed by atoms with Crippen molar-refractivity contribution in [1.29, 1.82) is 0 Å². The summed E-state index contributed by atoms with van der Waals surface area (Å²) in [5.41, 5.74) is 4.77. The molecule has 0 amide bonds. The Morgan fingerprint density at radius 1 is 0.889 bits per heavy atom. The Balaban J connectivity index is 0.00000267. The van der Waals surface area contributed by atoms with Gasteiger partial charge in [0, 0.05) is 50.0 Å². The van der Waals surface area contributed by atoms with Crippen molar-refractivity contribution in [3.05, 3.63) is 96.2 Å². The average Bonchev–Trinajstić information content (AvgIpc) is 3.22. The maximum Gasteiger partial charge on any atom is 0.217 e. The molecule has 0 aliphatic heterocycles. The molecule has 3 aromatic heterocycles. The number of phenols is 1. The van der Waals surface area contributed by atoms with E-state index in [4.69, 9.17) is 4.74 Å². The number of hydrogen-bond donors (Lipinski definition) is 1. The summed E-state index contributed by atoms with van der Waals surface area (Å²) >= 11 is 0. The van der Waals surface area contributed by atoms with Gasteiger partial charge in [0.1, 0.15) is 17.1 Å². The number of aromatic nitrogens is 3. The predicted octanol–water partition coefficient (Wildman–Crippen LogP) is 7.15. The fraction of sp³-hybridized carbons (Fsp3) is 0.133. The van der Waals surface area contributed by atoms with Gasteiger partial charge in [-0.3, -0.25) is 0 Å². The molecular weight excluding hydrogens is 629 g/mol. The van der Waals surface area contributed by atoms with E-state index in [1.54, 1.807) is 6.07 Å². The van der Waals surface area contributed by atoms with Gasteiger partial charge in [-0.25, -0.2) is 9.97 Å². The number of pyridine rings is 2. The van der Waals surface area contributed by atoms with E-state index in [0.717, 1.165) is 51.4 Å². The van der Waals surface area contributed by atoms with Gasteiger partial charge in [0.2, 0.25) is 5.88 Å². The van der Waals surface area contributed by atoms with Gasteiger partial charge in [-0.1, -0.05) is 37.6 Å². The van der Waals surface area contributed by atoms with Crippen molar-refractivity contribution in [2.45, 2.75) is 26.7 Å². The number of fused-ring (bicyclic) bond motifs is 4. The molecule has 1 N–H and O–H groups in total. The van der Waals surface area contributed by atoms with E-state index in [1.165, 1.54) is 5.56 Å². The first-order valence-electron chi connectivity index (χ1n) is 11.9. The molecule has 0 bridgehead atoms. The van der Waals surface area contributed by atoms with Crippen LogP contribution in [0.4, 0.5) is 0 Å². The van der Waals surface area contributed by atoms with E-state index >= 15 is 0 Å². The van der Waals surface area contributed by atoms with Gasteiger partial charge >= 0.3 is 0 Å². The third-order valence-corrected chi connectivity index (χ3v) is 6.43. The number of ether oxygens (including phenoxy) is 1. The zero-order valence-corrected chi connectivity index (χ0v) is 22.2. The Morgan fingerprint density at radius 2 is 1.72 bits per heavy atom. The maximum atomic E-state index is 10.5. The Morgan fingerprint density at radius 3 is 2.56 bits per heavy atom. The van der Waals surface area contributed by atoms with Crippen LogP contribution < -0.4 is 4.74 Å². The van der Waals surface area contributed by atoms with Gasteiger partial charge in [0.15, 0.2) is 0 Å². The standard InChI is InChI=1S/C30H24N3O2.Pt/c1-3-19-13-14-31-28(17-19)33-25-8-6-5-7-23(25)24-11-10-22(18-26(24)33)35-29-12-9-21-15-20(4-2)16-27(34)30(21)32-29;/h5-17,34H,3-4H2,1-2H3;/q-1;. The van der Waals surface area contributed by atoms with Crippen LogP contribution in [0.2, 0.25) is 0 Å². The molecule has 6 heteroatoms. The summed E-state index contributed by atoms with van der Waals surface area (Å²) in [7, 11) is 0. The number of phenolic OH excluding ortho intramolecular Hbond substituents is 1. The van der Waals surface area contributed by atoms with Gasteiger partial charge in [0.25, 0.3) is 0 Å². The van der Waals surface area contributed by atoms with Crippen molar-refractivity contribution in [3.63, 3.8) is 0 Å². The molecule has 0 radical (unpaired) electrons. The molecule has 36 heavy (non-hydrogen) atoms. The first kappa shape index (κ1) is 24.0. The second kappa shape index (κ2) is 9.75. The quantitative estimate of drug-likeness (QED) is 0.201. The third kappa shape index (κ3) is 4.14. The Labute approximate surface area is 223 Å². The van der Waals surface area contributed by atoms with Crippen molar-refractivity contribution in [2.24, 2.45) is 0 Å². The van der Waals surface area contributed by atoms with Crippen molar-refractivity contribution >= 4 is 32.7 Å².